The molecule has 0 aliphatic rings. The summed E-state index contributed by atoms with van der Waals surface area (Å²) in [6.45, 7) is 0.775. The summed E-state index contributed by atoms with van der Waals surface area (Å²) in [6, 6.07) is 15.9. The Bertz CT molecular complexity index is 959. The first-order chi connectivity index (χ1) is 12.3. The third-order valence-corrected chi connectivity index (χ3v) is 5.62. The van der Waals surface area contributed by atoms with Crippen molar-refractivity contribution in [1.29, 1.82) is 0 Å². The van der Waals surface area contributed by atoms with Crippen molar-refractivity contribution >= 4 is 49.0 Å². The molecule has 0 aliphatic heterocycles. The van der Waals surface area contributed by atoms with Crippen LogP contribution in [0.1, 0.15) is 10.0 Å². The number of hydrogen-bond acceptors (Lipinski definition) is 6. The number of benzene rings is 2. The first kappa shape index (κ1) is 16.1. The van der Waals surface area contributed by atoms with Gasteiger partial charge in [-0.15, -0.1) is 22.7 Å². The SMILES string of the molecule is O=C(COCc1nc2ccccc2s1)NCc1nc2ccccc2s1. The number of carbonyl (C=O) groups is 1. The number of thiazole rings is 2. The van der Waals surface area contributed by atoms with Crippen LogP contribution >= 0.6 is 22.7 Å². The summed E-state index contributed by atoms with van der Waals surface area (Å²) < 4.78 is 7.73. The molecule has 5 nitrogen and oxygen atoms in total. The lowest BCUT2D eigenvalue weighted by atomic mass is 10.3. The topological polar surface area (TPSA) is 64.1 Å². The largest absolute Gasteiger partial charge is 0.364 e. The molecule has 1 amide bonds. The van der Waals surface area contributed by atoms with Gasteiger partial charge in [0.05, 0.1) is 33.6 Å². The van der Waals surface area contributed by atoms with Gasteiger partial charge in [0, 0.05) is 0 Å². The minimum atomic E-state index is -0.152. The van der Waals surface area contributed by atoms with Crippen LogP contribution in [0.4, 0.5) is 0 Å². The Hall–Kier alpha value is -2.35. The molecule has 0 fully saturated rings. The zero-order chi connectivity index (χ0) is 17.1. The van der Waals surface area contributed by atoms with E-state index in [0.29, 0.717) is 13.2 Å². The zero-order valence-electron chi connectivity index (χ0n) is 13.3. The summed E-state index contributed by atoms with van der Waals surface area (Å²) in [4.78, 5) is 20.9. The molecular weight excluding hydrogens is 354 g/mol. The first-order valence-corrected chi connectivity index (χ1v) is 9.44. The molecule has 0 atom stereocenters. The molecule has 126 valence electrons. The first-order valence-electron chi connectivity index (χ1n) is 7.81. The van der Waals surface area contributed by atoms with Gasteiger partial charge in [0.2, 0.25) is 5.91 Å². The van der Waals surface area contributed by atoms with Gasteiger partial charge in [0.25, 0.3) is 0 Å². The van der Waals surface area contributed by atoms with Crippen LogP contribution in [0.25, 0.3) is 20.4 Å². The van der Waals surface area contributed by atoms with E-state index in [-0.39, 0.29) is 12.5 Å². The Labute approximate surface area is 152 Å². The van der Waals surface area contributed by atoms with Crippen LogP contribution in [0.3, 0.4) is 0 Å². The fraction of sp³-hybridized carbons (Fsp3) is 0.167. The lowest BCUT2D eigenvalue weighted by Crippen LogP contribution is -2.26. The second-order valence-electron chi connectivity index (χ2n) is 5.42. The predicted molar refractivity (Wildman–Crippen MR) is 101 cm³/mol. The molecule has 0 aliphatic carbocycles. The Morgan fingerprint density at radius 3 is 2.20 bits per heavy atom. The third kappa shape index (κ3) is 3.84. The van der Waals surface area contributed by atoms with E-state index in [2.05, 4.69) is 15.3 Å². The molecule has 0 unspecified atom stereocenters. The van der Waals surface area contributed by atoms with E-state index in [4.69, 9.17) is 4.74 Å². The number of para-hydroxylation sites is 2. The highest BCUT2D eigenvalue weighted by Crippen LogP contribution is 2.22. The number of fused-ring (bicyclic) bond motifs is 2. The van der Waals surface area contributed by atoms with Crippen LogP contribution < -0.4 is 5.32 Å². The van der Waals surface area contributed by atoms with Crippen LogP contribution in [-0.4, -0.2) is 22.5 Å². The number of nitrogens with one attached hydrogen (secondary N) is 1. The van der Waals surface area contributed by atoms with Gasteiger partial charge in [-0.1, -0.05) is 24.3 Å². The Kier molecular flexibility index (Phi) is 4.69. The molecule has 4 rings (SSSR count). The van der Waals surface area contributed by atoms with Gasteiger partial charge in [0.1, 0.15) is 16.6 Å². The van der Waals surface area contributed by atoms with Gasteiger partial charge < -0.3 is 10.1 Å². The summed E-state index contributed by atoms with van der Waals surface area (Å²) in [6.07, 6.45) is 0. The molecule has 0 saturated heterocycles. The Balaban J connectivity index is 1.26. The number of aromatic nitrogens is 2. The van der Waals surface area contributed by atoms with Crippen molar-refractivity contribution in [2.45, 2.75) is 13.2 Å². The standard InChI is InChI=1S/C18H15N3O2S2/c22-16(19-9-17-20-12-5-1-3-7-14(12)24-17)10-23-11-18-21-13-6-2-4-8-15(13)25-18/h1-8H,9-11H2,(H,19,22). The summed E-state index contributed by atoms with van der Waals surface area (Å²) in [5.41, 5.74) is 1.93. The molecule has 25 heavy (non-hydrogen) atoms. The number of amides is 1. The van der Waals surface area contributed by atoms with E-state index in [0.717, 1.165) is 30.4 Å². The fourth-order valence-electron chi connectivity index (χ4n) is 2.43. The molecule has 2 aromatic heterocycles. The van der Waals surface area contributed by atoms with Gasteiger partial charge in [-0.25, -0.2) is 9.97 Å². The average molecular weight is 369 g/mol. The van der Waals surface area contributed by atoms with E-state index in [1.54, 1.807) is 22.7 Å². The maximum atomic E-state index is 11.9. The van der Waals surface area contributed by atoms with E-state index in [1.165, 1.54) is 0 Å². The number of carbonyl (C=O) groups excluding carboxylic acids is 1. The number of nitrogens with zero attached hydrogens (tertiary/aromatic N) is 2. The highest BCUT2D eigenvalue weighted by Gasteiger charge is 2.07. The Morgan fingerprint density at radius 2 is 1.52 bits per heavy atom. The smallest absolute Gasteiger partial charge is 0.246 e. The lowest BCUT2D eigenvalue weighted by molar-refractivity contribution is -0.126. The molecule has 4 aromatic rings. The molecule has 2 heterocycles. The zero-order valence-corrected chi connectivity index (χ0v) is 14.9. The van der Waals surface area contributed by atoms with Crippen LogP contribution in [0.2, 0.25) is 0 Å². The summed E-state index contributed by atoms with van der Waals surface area (Å²) in [5.74, 6) is -0.152. The van der Waals surface area contributed by atoms with Crippen molar-refractivity contribution in [3.8, 4) is 0 Å². The van der Waals surface area contributed by atoms with Gasteiger partial charge in [-0.3, -0.25) is 4.79 Å². The third-order valence-electron chi connectivity index (χ3n) is 3.57. The van der Waals surface area contributed by atoms with Gasteiger partial charge in [0.15, 0.2) is 0 Å². The normalized spacial score (nSPS) is 11.2. The fourth-order valence-corrected chi connectivity index (χ4v) is 4.25. The van der Waals surface area contributed by atoms with Crippen molar-refractivity contribution in [3.05, 3.63) is 58.5 Å². The molecular formula is C18H15N3O2S2. The monoisotopic (exact) mass is 369 g/mol. The molecule has 0 bridgehead atoms. The maximum absolute atomic E-state index is 11.9. The minimum Gasteiger partial charge on any atom is -0.364 e. The van der Waals surface area contributed by atoms with Crippen molar-refractivity contribution in [2.75, 3.05) is 6.61 Å². The highest BCUT2D eigenvalue weighted by molar-refractivity contribution is 7.18. The summed E-state index contributed by atoms with van der Waals surface area (Å²) in [5, 5.41) is 4.60. The van der Waals surface area contributed by atoms with Crippen LogP contribution in [0.5, 0.6) is 0 Å². The second kappa shape index (κ2) is 7.26. The molecule has 2 aromatic carbocycles. The molecule has 7 heteroatoms. The highest BCUT2D eigenvalue weighted by atomic mass is 32.1. The van der Waals surface area contributed by atoms with E-state index in [1.807, 2.05) is 48.5 Å². The average Bonchev–Trinajstić information content (AvgIpc) is 3.23. The number of ether oxygens (including phenoxy) is 1. The molecule has 0 saturated carbocycles. The van der Waals surface area contributed by atoms with Crippen molar-refractivity contribution in [3.63, 3.8) is 0 Å². The number of hydrogen-bond donors (Lipinski definition) is 1. The van der Waals surface area contributed by atoms with Crippen LogP contribution in [-0.2, 0) is 22.7 Å². The molecule has 1 N–H and O–H groups in total. The van der Waals surface area contributed by atoms with Crippen LogP contribution in [0, 0.1) is 0 Å². The van der Waals surface area contributed by atoms with Crippen molar-refractivity contribution < 1.29 is 9.53 Å². The second-order valence-corrected chi connectivity index (χ2v) is 7.65. The van der Waals surface area contributed by atoms with Crippen molar-refractivity contribution in [2.24, 2.45) is 0 Å². The Morgan fingerprint density at radius 1 is 0.920 bits per heavy atom. The van der Waals surface area contributed by atoms with Gasteiger partial charge in [-0.05, 0) is 24.3 Å². The predicted octanol–water partition coefficient (Wildman–Crippen LogP) is 3.74. The lowest BCUT2D eigenvalue weighted by Gasteiger charge is -2.03. The van der Waals surface area contributed by atoms with E-state index in [9.17, 15) is 4.79 Å². The number of rotatable bonds is 6. The summed E-state index contributed by atoms with van der Waals surface area (Å²) in [7, 11) is 0. The minimum absolute atomic E-state index is 0.0147. The molecule has 0 radical (unpaired) electrons. The van der Waals surface area contributed by atoms with E-state index >= 15 is 0 Å². The maximum Gasteiger partial charge on any atom is 0.246 e. The van der Waals surface area contributed by atoms with Crippen LogP contribution in [0.15, 0.2) is 48.5 Å². The summed E-state index contributed by atoms with van der Waals surface area (Å²) >= 11 is 3.17. The van der Waals surface area contributed by atoms with Crippen molar-refractivity contribution in [1.82, 2.24) is 15.3 Å². The molecule has 0 spiro atoms. The quantitative estimate of drug-likeness (QED) is 0.562. The van der Waals surface area contributed by atoms with Gasteiger partial charge in [-0.2, -0.15) is 0 Å². The van der Waals surface area contributed by atoms with Gasteiger partial charge >= 0.3 is 0 Å². The van der Waals surface area contributed by atoms with E-state index < -0.39 is 0 Å².